The zero-order valence-corrected chi connectivity index (χ0v) is 8.09. The number of isocyanates is 1. The van der Waals surface area contributed by atoms with E-state index in [0.29, 0.717) is 5.92 Å². The standard InChI is InChI=1S/C10H15NO/c1-7(2)5-8-9(11-6-12)10(8,3)4/h5,8-9H,1-4H3/t8-,9-/m1/s1. The molecular weight excluding hydrogens is 150 g/mol. The quantitative estimate of drug-likeness (QED) is 0.351. The highest BCUT2D eigenvalue weighted by atomic mass is 16.1. The van der Waals surface area contributed by atoms with Crippen LogP contribution in [0.15, 0.2) is 16.6 Å². The van der Waals surface area contributed by atoms with Crippen molar-refractivity contribution in [2.75, 3.05) is 0 Å². The Bertz CT molecular complexity index is 255. The third kappa shape index (κ3) is 1.49. The minimum atomic E-state index is 0.157. The second kappa shape index (κ2) is 2.87. The third-order valence-electron chi connectivity index (χ3n) is 2.56. The molecule has 1 rings (SSSR count). The van der Waals surface area contributed by atoms with Crippen LogP contribution < -0.4 is 0 Å². The lowest BCUT2D eigenvalue weighted by Crippen LogP contribution is -1.90. The topological polar surface area (TPSA) is 29.4 Å². The molecule has 0 aliphatic heterocycles. The molecule has 0 aromatic heterocycles. The number of hydrogen-bond acceptors (Lipinski definition) is 2. The van der Waals surface area contributed by atoms with Gasteiger partial charge in [-0.05, 0) is 19.3 Å². The van der Waals surface area contributed by atoms with Gasteiger partial charge in [0.2, 0.25) is 6.08 Å². The molecule has 66 valence electrons. The molecule has 1 aliphatic rings. The molecular formula is C10H15NO. The first kappa shape index (κ1) is 9.21. The number of rotatable bonds is 2. The van der Waals surface area contributed by atoms with E-state index in [9.17, 15) is 4.79 Å². The van der Waals surface area contributed by atoms with Gasteiger partial charge in [-0.25, -0.2) is 9.79 Å². The van der Waals surface area contributed by atoms with E-state index >= 15 is 0 Å². The van der Waals surface area contributed by atoms with Gasteiger partial charge in [-0.2, -0.15) is 0 Å². The van der Waals surface area contributed by atoms with Gasteiger partial charge in [0, 0.05) is 5.92 Å². The van der Waals surface area contributed by atoms with E-state index in [1.807, 2.05) is 0 Å². The first-order valence-corrected chi connectivity index (χ1v) is 4.22. The monoisotopic (exact) mass is 165 g/mol. The van der Waals surface area contributed by atoms with E-state index in [0.717, 1.165) is 0 Å². The molecule has 1 fully saturated rings. The van der Waals surface area contributed by atoms with Crippen molar-refractivity contribution in [2.45, 2.75) is 33.7 Å². The van der Waals surface area contributed by atoms with Crippen LogP contribution in [-0.4, -0.2) is 12.1 Å². The summed E-state index contributed by atoms with van der Waals surface area (Å²) in [6.07, 6.45) is 3.82. The molecule has 0 radical (unpaired) electrons. The fourth-order valence-corrected chi connectivity index (χ4v) is 1.62. The summed E-state index contributed by atoms with van der Waals surface area (Å²) >= 11 is 0. The molecule has 0 N–H and O–H groups in total. The fourth-order valence-electron chi connectivity index (χ4n) is 1.62. The largest absolute Gasteiger partial charge is 0.235 e. The van der Waals surface area contributed by atoms with Crippen LogP contribution in [0.3, 0.4) is 0 Å². The molecule has 12 heavy (non-hydrogen) atoms. The van der Waals surface area contributed by atoms with Crippen molar-refractivity contribution < 1.29 is 4.79 Å². The second-order valence-corrected chi connectivity index (χ2v) is 4.26. The summed E-state index contributed by atoms with van der Waals surface area (Å²) in [6.45, 7) is 8.39. The van der Waals surface area contributed by atoms with Crippen LogP contribution in [0.4, 0.5) is 0 Å². The van der Waals surface area contributed by atoms with Crippen molar-refractivity contribution in [3.63, 3.8) is 0 Å². The molecule has 0 spiro atoms. The van der Waals surface area contributed by atoms with Crippen LogP contribution in [0, 0.1) is 11.3 Å². The van der Waals surface area contributed by atoms with E-state index in [1.165, 1.54) is 5.57 Å². The lowest BCUT2D eigenvalue weighted by Gasteiger charge is -1.95. The molecule has 0 unspecified atom stereocenters. The SMILES string of the molecule is CC(C)=C[C@@H]1[C@@H](N=C=O)C1(C)C. The fraction of sp³-hybridized carbons (Fsp3) is 0.700. The normalized spacial score (nSPS) is 30.3. The molecule has 0 saturated heterocycles. The van der Waals surface area contributed by atoms with Gasteiger partial charge in [0.25, 0.3) is 0 Å². The maximum absolute atomic E-state index is 10.1. The summed E-state index contributed by atoms with van der Waals surface area (Å²) in [7, 11) is 0. The van der Waals surface area contributed by atoms with Crippen molar-refractivity contribution >= 4 is 6.08 Å². The van der Waals surface area contributed by atoms with E-state index in [4.69, 9.17) is 0 Å². The molecule has 0 aromatic rings. The molecule has 0 heterocycles. The van der Waals surface area contributed by atoms with Gasteiger partial charge in [0.15, 0.2) is 0 Å². The molecule has 0 aromatic carbocycles. The van der Waals surface area contributed by atoms with Gasteiger partial charge in [-0.3, -0.25) is 0 Å². The maximum atomic E-state index is 10.1. The van der Waals surface area contributed by atoms with Crippen LogP contribution >= 0.6 is 0 Å². The van der Waals surface area contributed by atoms with Gasteiger partial charge in [-0.15, -0.1) is 0 Å². The lowest BCUT2D eigenvalue weighted by atomic mass is 10.1. The highest BCUT2D eigenvalue weighted by molar-refractivity contribution is 5.37. The van der Waals surface area contributed by atoms with Gasteiger partial charge in [-0.1, -0.05) is 25.5 Å². The molecule has 1 aliphatic carbocycles. The predicted octanol–water partition coefficient (Wildman–Crippen LogP) is 2.31. The first-order valence-electron chi connectivity index (χ1n) is 4.22. The number of aliphatic imine (C=N–C) groups is 1. The highest BCUT2D eigenvalue weighted by Gasteiger charge is 2.56. The molecule has 0 bridgehead atoms. The van der Waals surface area contributed by atoms with Crippen LogP contribution in [0.1, 0.15) is 27.7 Å². The maximum Gasteiger partial charge on any atom is 0.235 e. The van der Waals surface area contributed by atoms with Crippen LogP contribution in [0.25, 0.3) is 0 Å². The van der Waals surface area contributed by atoms with Crippen molar-refractivity contribution in [3.8, 4) is 0 Å². The van der Waals surface area contributed by atoms with E-state index < -0.39 is 0 Å². The van der Waals surface area contributed by atoms with Crippen molar-refractivity contribution in [1.29, 1.82) is 0 Å². The molecule has 0 amide bonds. The predicted molar refractivity (Wildman–Crippen MR) is 48.6 cm³/mol. The minimum Gasteiger partial charge on any atom is -0.211 e. The first-order chi connectivity index (χ1) is 5.50. The highest BCUT2D eigenvalue weighted by Crippen LogP contribution is 2.55. The summed E-state index contributed by atoms with van der Waals surface area (Å²) in [5, 5.41) is 0. The van der Waals surface area contributed by atoms with Gasteiger partial charge < -0.3 is 0 Å². The van der Waals surface area contributed by atoms with Crippen molar-refractivity contribution in [3.05, 3.63) is 11.6 Å². The third-order valence-corrected chi connectivity index (χ3v) is 2.56. The molecule has 2 nitrogen and oxygen atoms in total. The Hall–Kier alpha value is -0.880. The number of carbonyl (C=O) groups excluding carboxylic acids is 1. The van der Waals surface area contributed by atoms with Gasteiger partial charge >= 0.3 is 0 Å². The van der Waals surface area contributed by atoms with Crippen LogP contribution in [0.5, 0.6) is 0 Å². The number of hydrogen-bond donors (Lipinski definition) is 0. The number of allylic oxidation sites excluding steroid dienone is 1. The minimum absolute atomic E-state index is 0.157. The average Bonchev–Trinajstić information content (AvgIpc) is 2.39. The lowest BCUT2D eigenvalue weighted by molar-refractivity contribution is 0.555. The summed E-state index contributed by atoms with van der Waals surface area (Å²) in [4.78, 5) is 13.8. The zero-order chi connectivity index (χ0) is 9.35. The van der Waals surface area contributed by atoms with Gasteiger partial charge in [0.05, 0.1) is 6.04 Å². The Morgan fingerprint density at radius 3 is 2.50 bits per heavy atom. The Morgan fingerprint density at radius 2 is 2.08 bits per heavy atom. The second-order valence-electron chi connectivity index (χ2n) is 4.26. The molecule has 2 atom stereocenters. The van der Waals surface area contributed by atoms with E-state index in [-0.39, 0.29) is 11.5 Å². The van der Waals surface area contributed by atoms with Crippen molar-refractivity contribution in [1.82, 2.24) is 0 Å². The van der Waals surface area contributed by atoms with Crippen molar-refractivity contribution in [2.24, 2.45) is 16.3 Å². The van der Waals surface area contributed by atoms with Gasteiger partial charge in [0.1, 0.15) is 0 Å². The Labute approximate surface area is 73.4 Å². The number of nitrogens with zero attached hydrogens (tertiary/aromatic N) is 1. The van der Waals surface area contributed by atoms with E-state index in [1.54, 1.807) is 6.08 Å². The zero-order valence-electron chi connectivity index (χ0n) is 8.09. The summed E-state index contributed by atoms with van der Waals surface area (Å²) in [6, 6.07) is 0.157. The smallest absolute Gasteiger partial charge is 0.211 e. The Balaban J connectivity index is 2.73. The molecule has 1 saturated carbocycles. The van der Waals surface area contributed by atoms with Crippen LogP contribution in [-0.2, 0) is 4.79 Å². The Kier molecular flexibility index (Phi) is 2.20. The summed E-state index contributed by atoms with van der Waals surface area (Å²) < 4.78 is 0. The average molecular weight is 165 g/mol. The molecule has 2 heteroatoms. The summed E-state index contributed by atoms with van der Waals surface area (Å²) in [5.74, 6) is 0.434. The van der Waals surface area contributed by atoms with Crippen LogP contribution in [0.2, 0.25) is 0 Å². The van der Waals surface area contributed by atoms with E-state index in [2.05, 4.69) is 38.8 Å². The summed E-state index contributed by atoms with van der Waals surface area (Å²) in [5.41, 5.74) is 1.45. The Morgan fingerprint density at radius 1 is 1.50 bits per heavy atom.